The van der Waals surface area contributed by atoms with Crippen molar-refractivity contribution in [3.05, 3.63) is 15.9 Å². The minimum absolute atomic E-state index is 0.168. The lowest BCUT2D eigenvalue weighted by Crippen LogP contribution is -2.21. The van der Waals surface area contributed by atoms with Crippen molar-refractivity contribution < 1.29 is 0 Å². The van der Waals surface area contributed by atoms with Crippen LogP contribution in [0.5, 0.6) is 0 Å². The van der Waals surface area contributed by atoms with Crippen LogP contribution in [0.15, 0.2) is 4.47 Å². The zero-order valence-electron chi connectivity index (χ0n) is 7.26. The van der Waals surface area contributed by atoms with E-state index in [-0.39, 0.29) is 5.11 Å². The minimum atomic E-state index is 0.168. The Kier molecular flexibility index (Phi) is 3.16. The molecule has 0 fully saturated rings. The van der Waals surface area contributed by atoms with Crippen LogP contribution in [0, 0.1) is 13.8 Å². The van der Waals surface area contributed by atoms with Gasteiger partial charge in [0, 0.05) is 0 Å². The highest BCUT2D eigenvalue weighted by atomic mass is 79.9. The second-order valence-corrected chi connectivity index (χ2v) is 3.75. The molecule has 0 atom stereocenters. The van der Waals surface area contributed by atoms with Crippen molar-refractivity contribution in [2.45, 2.75) is 13.8 Å². The Labute approximate surface area is 90.1 Å². The summed E-state index contributed by atoms with van der Waals surface area (Å²) < 4.78 is 0.904. The average molecular weight is 261 g/mol. The maximum Gasteiger partial charge on any atom is 0.229 e. The van der Waals surface area contributed by atoms with Gasteiger partial charge in [-0.2, -0.15) is 0 Å². The van der Waals surface area contributed by atoms with Gasteiger partial charge in [-0.1, -0.05) is 0 Å². The summed E-state index contributed by atoms with van der Waals surface area (Å²) in [5, 5.41) is 2.85. The van der Waals surface area contributed by atoms with Gasteiger partial charge >= 0.3 is 0 Å². The molecule has 0 aliphatic heterocycles. The average Bonchev–Trinajstić information content (AvgIpc) is 1.98. The largest absolute Gasteiger partial charge is 0.376 e. The molecule has 0 saturated heterocycles. The number of nitrogens with one attached hydrogen (secondary N) is 1. The van der Waals surface area contributed by atoms with Crippen LogP contribution >= 0.6 is 28.1 Å². The lowest BCUT2D eigenvalue weighted by Gasteiger charge is -2.06. The van der Waals surface area contributed by atoms with E-state index in [9.17, 15) is 0 Å². The molecule has 6 heteroatoms. The molecule has 0 bridgehead atoms. The molecule has 3 N–H and O–H groups in total. The number of halogens is 1. The molecular weight excluding hydrogens is 252 g/mol. The number of aromatic nitrogens is 2. The van der Waals surface area contributed by atoms with Gasteiger partial charge in [0.15, 0.2) is 5.11 Å². The summed E-state index contributed by atoms with van der Waals surface area (Å²) in [5.41, 5.74) is 7.00. The highest BCUT2D eigenvalue weighted by molar-refractivity contribution is 9.10. The van der Waals surface area contributed by atoms with Crippen LogP contribution in [-0.4, -0.2) is 15.1 Å². The highest BCUT2D eigenvalue weighted by Gasteiger charge is 2.05. The molecule has 1 aromatic heterocycles. The zero-order chi connectivity index (χ0) is 10.0. The zero-order valence-corrected chi connectivity index (χ0v) is 9.66. The fraction of sp³-hybridized carbons (Fsp3) is 0.286. The second-order valence-electron chi connectivity index (χ2n) is 2.52. The fourth-order valence-corrected chi connectivity index (χ4v) is 1.14. The molecule has 1 rings (SSSR count). The molecule has 70 valence electrons. The van der Waals surface area contributed by atoms with Gasteiger partial charge in [-0.15, -0.1) is 0 Å². The molecule has 0 radical (unpaired) electrons. The topological polar surface area (TPSA) is 63.8 Å². The van der Waals surface area contributed by atoms with Crippen LogP contribution in [0.1, 0.15) is 11.4 Å². The second kappa shape index (κ2) is 3.97. The molecule has 13 heavy (non-hydrogen) atoms. The van der Waals surface area contributed by atoms with Crippen LogP contribution in [0.2, 0.25) is 0 Å². The number of nitrogens with zero attached hydrogens (tertiary/aromatic N) is 2. The molecule has 0 aromatic carbocycles. The third-order valence-electron chi connectivity index (χ3n) is 1.42. The van der Waals surface area contributed by atoms with E-state index in [0.717, 1.165) is 15.9 Å². The normalized spacial score (nSPS) is 9.77. The number of nitrogens with two attached hydrogens (primary N) is 1. The monoisotopic (exact) mass is 260 g/mol. The van der Waals surface area contributed by atoms with E-state index in [0.29, 0.717) is 5.95 Å². The van der Waals surface area contributed by atoms with Crippen molar-refractivity contribution in [2.24, 2.45) is 5.73 Å². The van der Waals surface area contributed by atoms with Gasteiger partial charge in [-0.25, -0.2) is 9.97 Å². The van der Waals surface area contributed by atoms with Crippen LogP contribution < -0.4 is 11.1 Å². The summed E-state index contributed by atoms with van der Waals surface area (Å²) in [6.45, 7) is 3.76. The van der Waals surface area contributed by atoms with Crippen LogP contribution in [0.4, 0.5) is 5.95 Å². The van der Waals surface area contributed by atoms with Crippen molar-refractivity contribution in [1.82, 2.24) is 9.97 Å². The smallest absolute Gasteiger partial charge is 0.229 e. The Balaban J connectivity index is 3.06. The number of aryl methyl sites for hydroxylation is 2. The Morgan fingerprint density at radius 1 is 1.38 bits per heavy atom. The first-order chi connectivity index (χ1) is 6.00. The van der Waals surface area contributed by atoms with E-state index >= 15 is 0 Å². The van der Waals surface area contributed by atoms with Crippen LogP contribution in [0.25, 0.3) is 0 Å². The molecular formula is C7H9BrN4S. The quantitative estimate of drug-likeness (QED) is 0.750. The standard InChI is InChI=1S/C7H9BrN4S/c1-3-5(8)4(2)11-7(10-3)12-6(9)13/h1-2H3,(H3,9,10,11,12,13). The summed E-state index contributed by atoms with van der Waals surface area (Å²) in [4.78, 5) is 8.27. The Hall–Kier alpha value is -0.750. The van der Waals surface area contributed by atoms with Gasteiger partial charge < -0.3 is 11.1 Å². The van der Waals surface area contributed by atoms with Crippen molar-refractivity contribution in [3.8, 4) is 0 Å². The molecule has 1 aromatic rings. The summed E-state index contributed by atoms with van der Waals surface area (Å²) >= 11 is 8.03. The van der Waals surface area contributed by atoms with Gasteiger partial charge in [0.25, 0.3) is 0 Å². The summed E-state index contributed by atoms with van der Waals surface area (Å²) in [6, 6.07) is 0. The maximum atomic E-state index is 5.29. The predicted octanol–water partition coefficient (Wildman–Crippen LogP) is 1.51. The third-order valence-corrected chi connectivity index (χ3v) is 2.67. The molecule has 0 saturated carbocycles. The van der Waals surface area contributed by atoms with Crippen molar-refractivity contribution in [3.63, 3.8) is 0 Å². The van der Waals surface area contributed by atoms with Crippen molar-refractivity contribution >= 4 is 39.2 Å². The number of hydrogen-bond donors (Lipinski definition) is 2. The minimum Gasteiger partial charge on any atom is -0.376 e. The van der Waals surface area contributed by atoms with E-state index < -0.39 is 0 Å². The number of hydrogen-bond acceptors (Lipinski definition) is 3. The lowest BCUT2D eigenvalue weighted by molar-refractivity contribution is 1.04. The summed E-state index contributed by atoms with van der Waals surface area (Å²) in [5.74, 6) is 0.436. The van der Waals surface area contributed by atoms with E-state index in [2.05, 4.69) is 43.4 Å². The number of thiocarbonyl (C=S) groups is 1. The first-order valence-electron chi connectivity index (χ1n) is 3.58. The van der Waals surface area contributed by atoms with Gasteiger partial charge in [0.2, 0.25) is 5.95 Å². The molecule has 1 heterocycles. The Morgan fingerprint density at radius 2 is 1.85 bits per heavy atom. The van der Waals surface area contributed by atoms with Gasteiger partial charge in [-0.3, -0.25) is 0 Å². The maximum absolute atomic E-state index is 5.29. The highest BCUT2D eigenvalue weighted by Crippen LogP contribution is 2.18. The molecule has 0 unspecified atom stereocenters. The molecule has 4 nitrogen and oxygen atoms in total. The van der Waals surface area contributed by atoms with Crippen LogP contribution in [-0.2, 0) is 0 Å². The van der Waals surface area contributed by atoms with Gasteiger partial charge in [0.05, 0.1) is 15.9 Å². The molecule has 0 aliphatic carbocycles. The molecule has 0 amide bonds. The first-order valence-corrected chi connectivity index (χ1v) is 4.78. The SMILES string of the molecule is Cc1nc(NC(N)=S)nc(C)c1Br. The number of rotatable bonds is 1. The van der Waals surface area contributed by atoms with Crippen molar-refractivity contribution in [2.75, 3.05) is 5.32 Å². The number of anilines is 1. The van der Waals surface area contributed by atoms with E-state index in [1.54, 1.807) is 0 Å². The summed E-state index contributed by atoms with van der Waals surface area (Å²) in [7, 11) is 0. The van der Waals surface area contributed by atoms with Gasteiger partial charge in [0.1, 0.15) is 0 Å². The first kappa shape index (κ1) is 10.3. The Bertz CT molecular complexity index is 329. The third kappa shape index (κ3) is 2.60. The van der Waals surface area contributed by atoms with E-state index in [1.165, 1.54) is 0 Å². The molecule has 0 spiro atoms. The van der Waals surface area contributed by atoms with Crippen LogP contribution in [0.3, 0.4) is 0 Å². The van der Waals surface area contributed by atoms with Gasteiger partial charge in [-0.05, 0) is 42.0 Å². The Morgan fingerprint density at radius 3 is 2.23 bits per heavy atom. The summed E-state index contributed by atoms with van der Waals surface area (Å²) in [6.07, 6.45) is 0. The lowest BCUT2D eigenvalue weighted by atomic mass is 10.3. The molecule has 0 aliphatic rings. The predicted molar refractivity (Wildman–Crippen MR) is 59.6 cm³/mol. The van der Waals surface area contributed by atoms with E-state index in [1.807, 2.05) is 13.8 Å². The van der Waals surface area contributed by atoms with E-state index in [4.69, 9.17) is 5.73 Å². The fourth-order valence-electron chi connectivity index (χ4n) is 0.869. The van der Waals surface area contributed by atoms with Crippen molar-refractivity contribution in [1.29, 1.82) is 0 Å².